The maximum absolute atomic E-state index is 10.9. The van der Waals surface area contributed by atoms with Gasteiger partial charge in [-0.1, -0.05) is 11.6 Å². The molecule has 0 heterocycles. The van der Waals surface area contributed by atoms with Gasteiger partial charge in [0, 0.05) is 12.1 Å². The normalized spacial score (nSPS) is 11.7. The lowest BCUT2D eigenvalue weighted by atomic mass is 10.3. The fourth-order valence-electron chi connectivity index (χ4n) is 1.11. The summed E-state index contributed by atoms with van der Waals surface area (Å²) in [6.07, 6.45) is -0.0986. The summed E-state index contributed by atoms with van der Waals surface area (Å²) in [4.78, 5) is 10.9. The van der Waals surface area contributed by atoms with Crippen molar-refractivity contribution in [3.05, 3.63) is 29.3 Å². The van der Waals surface area contributed by atoms with Crippen molar-refractivity contribution in [2.45, 2.75) is 13.0 Å². The van der Waals surface area contributed by atoms with Crippen molar-refractivity contribution in [3.63, 3.8) is 0 Å². The molecule has 5 heteroatoms. The lowest BCUT2D eigenvalue weighted by Gasteiger charge is -2.15. The molecule has 1 aromatic carbocycles. The van der Waals surface area contributed by atoms with Crippen LogP contribution in [0, 0.1) is 0 Å². The molecule has 2 amide bonds. The van der Waals surface area contributed by atoms with E-state index in [1.165, 1.54) is 0 Å². The first-order valence-corrected chi connectivity index (χ1v) is 5.37. The molecule has 0 aromatic heterocycles. The first-order chi connectivity index (χ1) is 7.61. The van der Waals surface area contributed by atoms with Crippen molar-refractivity contribution in [3.8, 4) is 5.75 Å². The van der Waals surface area contributed by atoms with Crippen LogP contribution in [0.5, 0.6) is 5.75 Å². The molecule has 0 aliphatic heterocycles. The predicted octanol–water partition coefficient (Wildman–Crippen LogP) is 2.04. The molecule has 16 heavy (non-hydrogen) atoms. The van der Waals surface area contributed by atoms with Crippen LogP contribution in [-0.2, 0) is 0 Å². The van der Waals surface area contributed by atoms with Crippen molar-refractivity contribution < 1.29 is 9.53 Å². The highest BCUT2D eigenvalue weighted by Crippen LogP contribution is 2.16. The zero-order valence-electron chi connectivity index (χ0n) is 9.29. The SMILES string of the molecule is CNC(=O)NC[C@H](C)Oc1ccc(Cl)cc1. The number of benzene rings is 1. The van der Waals surface area contributed by atoms with Crippen molar-refractivity contribution in [2.75, 3.05) is 13.6 Å². The molecule has 1 atom stereocenters. The van der Waals surface area contributed by atoms with E-state index in [-0.39, 0.29) is 12.1 Å². The molecular formula is C11H15ClN2O2. The van der Waals surface area contributed by atoms with E-state index in [0.717, 1.165) is 5.75 Å². The molecule has 1 aromatic rings. The van der Waals surface area contributed by atoms with E-state index in [4.69, 9.17) is 16.3 Å². The second-order valence-corrected chi connectivity index (χ2v) is 3.78. The van der Waals surface area contributed by atoms with Gasteiger partial charge in [-0.2, -0.15) is 0 Å². The Morgan fingerprint density at radius 1 is 1.44 bits per heavy atom. The maximum atomic E-state index is 10.9. The van der Waals surface area contributed by atoms with Crippen LogP contribution in [0.4, 0.5) is 4.79 Å². The number of halogens is 1. The Bertz CT molecular complexity index is 340. The van der Waals surface area contributed by atoms with E-state index in [1.807, 2.05) is 6.92 Å². The third kappa shape index (κ3) is 4.40. The van der Waals surface area contributed by atoms with Gasteiger partial charge >= 0.3 is 6.03 Å². The molecular weight excluding hydrogens is 228 g/mol. The van der Waals surface area contributed by atoms with Crippen LogP contribution in [0.1, 0.15) is 6.92 Å². The molecule has 2 N–H and O–H groups in total. The third-order valence-electron chi connectivity index (χ3n) is 1.93. The highest BCUT2D eigenvalue weighted by atomic mass is 35.5. The first kappa shape index (κ1) is 12.6. The zero-order valence-corrected chi connectivity index (χ0v) is 10.0. The number of urea groups is 1. The minimum Gasteiger partial charge on any atom is -0.489 e. The van der Waals surface area contributed by atoms with Gasteiger partial charge in [0.15, 0.2) is 0 Å². The molecule has 0 bridgehead atoms. The van der Waals surface area contributed by atoms with Gasteiger partial charge in [-0.25, -0.2) is 4.79 Å². The second-order valence-electron chi connectivity index (χ2n) is 3.34. The Morgan fingerprint density at radius 2 is 2.06 bits per heavy atom. The lowest BCUT2D eigenvalue weighted by molar-refractivity contribution is 0.208. The van der Waals surface area contributed by atoms with Crippen molar-refractivity contribution in [1.82, 2.24) is 10.6 Å². The third-order valence-corrected chi connectivity index (χ3v) is 2.18. The number of ether oxygens (including phenoxy) is 1. The summed E-state index contributed by atoms with van der Waals surface area (Å²) in [5.74, 6) is 0.732. The van der Waals surface area contributed by atoms with Crippen molar-refractivity contribution >= 4 is 17.6 Å². The summed E-state index contributed by atoms with van der Waals surface area (Å²) in [5.41, 5.74) is 0. The summed E-state index contributed by atoms with van der Waals surface area (Å²) in [6.45, 7) is 2.33. The van der Waals surface area contributed by atoms with Gasteiger partial charge in [-0.3, -0.25) is 0 Å². The fourth-order valence-corrected chi connectivity index (χ4v) is 1.24. The summed E-state index contributed by atoms with van der Waals surface area (Å²) >= 11 is 5.75. The number of nitrogens with one attached hydrogen (secondary N) is 2. The maximum Gasteiger partial charge on any atom is 0.314 e. The topological polar surface area (TPSA) is 50.4 Å². The fraction of sp³-hybridized carbons (Fsp3) is 0.364. The van der Waals surface area contributed by atoms with Gasteiger partial charge in [-0.05, 0) is 31.2 Å². The van der Waals surface area contributed by atoms with Gasteiger partial charge in [0.25, 0.3) is 0 Å². The van der Waals surface area contributed by atoms with Gasteiger partial charge in [0.1, 0.15) is 11.9 Å². The predicted molar refractivity (Wildman–Crippen MR) is 64.0 cm³/mol. The Morgan fingerprint density at radius 3 is 2.62 bits per heavy atom. The Kier molecular flexibility index (Phi) is 4.92. The standard InChI is InChI=1S/C11H15ClN2O2/c1-8(7-14-11(15)13-2)16-10-5-3-9(12)4-6-10/h3-6,8H,7H2,1-2H3,(H2,13,14,15)/t8-/m0/s1. The average molecular weight is 243 g/mol. The minimum atomic E-state index is -0.216. The highest BCUT2D eigenvalue weighted by molar-refractivity contribution is 6.30. The average Bonchev–Trinajstić information content (AvgIpc) is 2.29. The molecule has 0 aliphatic rings. The van der Waals surface area contributed by atoms with E-state index in [0.29, 0.717) is 11.6 Å². The molecule has 0 saturated heterocycles. The van der Waals surface area contributed by atoms with Crippen LogP contribution >= 0.6 is 11.6 Å². The van der Waals surface area contributed by atoms with Crippen LogP contribution in [0.2, 0.25) is 5.02 Å². The van der Waals surface area contributed by atoms with Crippen LogP contribution < -0.4 is 15.4 Å². The molecule has 1 rings (SSSR count). The number of hydrogen-bond donors (Lipinski definition) is 2. The summed E-state index contributed by atoms with van der Waals surface area (Å²) in [7, 11) is 1.57. The highest BCUT2D eigenvalue weighted by Gasteiger charge is 2.05. The first-order valence-electron chi connectivity index (χ1n) is 4.99. The zero-order chi connectivity index (χ0) is 12.0. The molecule has 4 nitrogen and oxygen atoms in total. The van der Waals surface area contributed by atoms with E-state index in [1.54, 1.807) is 31.3 Å². The lowest BCUT2D eigenvalue weighted by Crippen LogP contribution is -2.38. The monoisotopic (exact) mass is 242 g/mol. The van der Waals surface area contributed by atoms with Crippen LogP contribution in [0.3, 0.4) is 0 Å². The van der Waals surface area contributed by atoms with E-state index < -0.39 is 0 Å². The number of amides is 2. The molecule has 0 radical (unpaired) electrons. The smallest absolute Gasteiger partial charge is 0.314 e. The number of carbonyl (C=O) groups excluding carboxylic acids is 1. The number of hydrogen-bond acceptors (Lipinski definition) is 2. The largest absolute Gasteiger partial charge is 0.489 e. The molecule has 0 unspecified atom stereocenters. The van der Waals surface area contributed by atoms with Gasteiger partial charge in [0.2, 0.25) is 0 Å². The van der Waals surface area contributed by atoms with Gasteiger partial charge in [0.05, 0.1) is 6.54 Å². The molecule has 0 fully saturated rings. The molecule has 0 aliphatic carbocycles. The van der Waals surface area contributed by atoms with Gasteiger partial charge < -0.3 is 15.4 Å². The summed E-state index contributed by atoms with van der Waals surface area (Å²) < 4.78 is 5.56. The Labute approximate surface area is 99.9 Å². The Hall–Kier alpha value is -1.42. The molecule has 0 saturated carbocycles. The summed E-state index contributed by atoms with van der Waals surface area (Å²) in [5, 5.41) is 5.80. The van der Waals surface area contributed by atoms with Crippen LogP contribution in [-0.4, -0.2) is 25.7 Å². The molecule has 88 valence electrons. The van der Waals surface area contributed by atoms with Crippen molar-refractivity contribution in [1.29, 1.82) is 0 Å². The number of carbonyl (C=O) groups is 1. The van der Waals surface area contributed by atoms with Crippen LogP contribution in [0.25, 0.3) is 0 Å². The van der Waals surface area contributed by atoms with Crippen molar-refractivity contribution in [2.24, 2.45) is 0 Å². The van der Waals surface area contributed by atoms with Gasteiger partial charge in [-0.15, -0.1) is 0 Å². The minimum absolute atomic E-state index is 0.0986. The second kappa shape index (κ2) is 6.23. The van der Waals surface area contributed by atoms with E-state index in [2.05, 4.69) is 10.6 Å². The van der Waals surface area contributed by atoms with E-state index in [9.17, 15) is 4.79 Å². The number of rotatable bonds is 4. The summed E-state index contributed by atoms with van der Waals surface area (Å²) in [6, 6.07) is 6.88. The van der Waals surface area contributed by atoms with E-state index >= 15 is 0 Å². The molecule has 0 spiro atoms. The Balaban J connectivity index is 2.36. The van der Waals surface area contributed by atoms with Crippen LogP contribution in [0.15, 0.2) is 24.3 Å². The quantitative estimate of drug-likeness (QED) is 0.849.